The number of hydrogen-bond donors (Lipinski definition) is 0. The number of carbonyl (C=O) groups excluding carboxylic acids is 2. The molecule has 0 spiro atoms. The van der Waals surface area contributed by atoms with Gasteiger partial charge in [-0.05, 0) is 25.1 Å². The minimum Gasteiger partial charge on any atom is -0.461 e. The maximum atomic E-state index is 12.7. The van der Waals surface area contributed by atoms with Crippen molar-refractivity contribution in [1.29, 1.82) is 0 Å². The molecule has 5 heteroatoms. The summed E-state index contributed by atoms with van der Waals surface area (Å²) >= 11 is 0. The van der Waals surface area contributed by atoms with Crippen molar-refractivity contribution < 1.29 is 14.3 Å². The van der Waals surface area contributed by atoms with Gasteiger partial charge in [-0.1, -0.05) is 48.5 Å². The van der Waals surface area contributed by atoms with Gasteiger partial charge in [-0.2, -0.15) is 9.78 Å². The molecule has 0 bridgehead atoms. The maximum absolute atomic E-state index is 12.7. The van der Waals surface area contributed by atoms with Crippen molar-refractivity contribution in [3.63, 3.8) is 0 Å². The highest BCUT2D eigenvalue weighted by atomic mass is 16.5. The van der Waals surface area contributed by atoms with E-state index in [0.29, 0.717) is 11.3 Å². The quantitative estimate of drug-likeness (QED) is 0.691. The van der Waals surface area contributed by atoms with Crippen LogP contribution in [0.3, 0.4) is 0 Å². The summed E-state index contributed by atoms with van der Waals surface area (Å²) in [7, 11) is 0. The third-order valence-electron chi connectivity index (χ3n) is 3.48. The van der Waals surface area contributed by atoms with E-state index in [4.69, 9.17) is 4.74 Å². The zero-order valence-electron chi connectivity index (χ0n) is 13.2. The second-order valence-electron chi connectivity index (χ2n) is 5.08. The van der Waals surface area contributed by atoms with Crippen LogP contribution in [0.1, 0.15) is 27.8 Å². The summed E-state index contributed by atoms with van der Waals surface area (Å²) < 4.78 is 6.16. The number of rotatable bonds is 4. The topological polar surface area (TPSA) is 61.2 Å². The molecule has 0 unspecified atom stereocenters. The molecular weight excluding hydrogens is 304 g/mol. The number of hydrogen-bond acceptors (Lipinski definition) is 4. The van der Waals surface area contributed by atoms with Gasteiger partial charge in [0.1, 0.15) is 0 Å². The molecule has 5 nitrogen and oxygen atoms in total. The summed E-state index contributed by atoms with van der Waals surface area (Å²) in [6.45, 7) is 1.94. The Morgan fingerprint density at radius 3 is 2.25 bits per heavy atom. The zero-order valence-corrected chi connectivity index (χ0v) is 13.2. The molecular formula is C19H16N2O3. The molecule has 0 aliphatic carbocycles. The van der Waals surface area contributed by atoms with Crippen LogP contribution in [0.25, 0.3) is 11.3 Å². The predicted octanol–water partition coefficient (Wildman–Crippen LogP) is 3.42. The fourth-order valence-electron chi connectivity index (χ4n) is 2.34. The van der Waals surface area contributed by atoms with E-state index in [0.717, 1.165) is 10.2 Å². The van der Waals surface area contributed by atoms with Gasteiger partial charge in [-0.3, -0.25) is 4.79 Å². The van der Waals surface area contributed by atoms with Crippen LogP contribution < -0.4 is 0 Å². The van der Waals surface area contributed by atoms with Gasteiger partial charge < -0.3 is 4.74 Å². The van der Waals surface area contributed by atoms with E-state index in [2.05, 4.69) is 5.10 Å². The first-order chi connectivity index (χ1) is 11.7. The largest absolute Gasteiger partial charge is 0.461 e. The summed E-state index contributed by atoms with van der Waals surface area (Å²) in [5.74, 6) is -0.947. The zero-order chi connectivity index (χ0) is 16.9. The first-order valence-corrected chi connectivity index (χ1v) is 7.63. The van der Waals surface area contributed by atoms with E-state index in [9.17, 15) is 9.59 Å². The molecule has 0 N–H and O–H groups in total. The summed E-state index contributed by atoms with van der Waals surface area (Å²) in [6, 6.07) is 19.7. The van der Waals surface area contributed by atoms with Crippen molar-refractivity contribution in [1.82, 2.24) is 9.78 Å². The van der Waals surface area contributed by atoms with Crippen LogP contribution >= 0.6 is 0 Å². The molecule has 0 radical (unpaired) electrons. The molecule has 0 atom stereocenters. The lowest BCUT2D eigenvalue weighted by atomic mass is 10.1. The third kappa shape index (κ3) is 3.10. The van der Waals surface area contributed by atoms with Crippen molar-refractivity contribution in [3.8, 4) is 11.3 Å². The van der Waals surface area contributed by atoms with E-state index in [1.165, 1.54) is 0 Å². The van der Waals surface area contributed by atoms with Crippen molar-refractivity contribution in [2.45, 2.75) is 6.92 Å². The Morgan fingerprint density at radius 1 is 1.00 bits per heavy atom. The van der Waals surface area contributed by atoms with E-state index in [1.54, 1.807) is 37.3 Å². The highest BCUT2D eigenvalue weighted by molar-refractivity contribution is 6.01. The van der Waals surface area contributed by atoms with Crippen LogP contribution in [-0.2, 0) is 4.74 Å². The smallest absolute Gasteiger partial charge is 0.357 e. The summed E-state index contributed by atoms with van der Waals surface area (Å²) in [5.41, 5.74) is 1.93. The second-order valence-corrected chi connectivity index (χ2v) is 5.08. The minimum absolute atomic E-state index is 0.115. The Bertz CT molecular complexity index is 855. The SMILES string of the molecule is CCOC(=O)c1cc(-c2ccccc2)nn1C(=O)c1ccccc1. The van der Waals surface area contributed by atoms with Crippen molar-refractivity contribution in [2.75, 3.05) is 6.61 Å². The Labute approximate surface area is 139 Å². The molecule has 3 rings (SSSR count). The minimum atomic E-state index is -0.573. The highest BCUT2D eigenvalue weighted by Crippen LogP contribution is 2.20. The Morgan fingerprint density at radius 2 is 1.62 bits per heavy atom. The van der Waals surface area contributed by atoms with Crippen LogP contribution in [0.15, 0.2) is 66.7 Å². The lowest BCUT2D eigenvalue weighted by Gasteiger charge is -2.05. The Balaban J connectivity index is 2.08. The highest BCUT2D eigenvalue weighted by Gasteiger charge is 2.22. The molecule has 0 aliphatic heterocycles. The van der Waals surface area contributed by atoms with Crippen molar-refractivity contribution in [2.24, 2.45) is 0 Å². The molecule has 0 aliphatic rings. The molecule has 0 saturated heterocycles. The normalized spacial score (nSPS) is 10.4. The first-order valence-electron chi connectivity index (χ1n) is 7.63. The number of nitrogens with zero attached hydrogens (tertiary/aromatic N) is 2. The van der Waals surface area contributed by atoms with Gasteiger partial charge in [-0.25, -0.2) is 4.79 Å². The average Bonchev–Trinajstić information content (AvgIpc) is 3.08. The number of aromatic nitrogens is 2. The first kappa shape index (κ1) is 15.7. The monoisotopic (exact) mass is 320 g/mol. The summed E-state index contributed by atoms with van der Waals surface area (Å²) in [6.07, 6.45) is 0. The summed E-state index contributed by atoms with van der Waals surface area (Å²) in [5, 5.41) is 4.33. The molecule has 0 amide bonds. The Kier molecular flexibility index (Phi) is 4.52. The number of esters is 1. The van der Waals surface area contributed by atoms with Crippen LogP contribution in [0, 0.1) is 0 Å². The molecule has 0 saturated carbocycles. The van der Waals surface area contributed by atoms with Gasteiger partial charge in [0.2, 0.25) is 0 Å². The fourth-order valence-corrected chi connectivity index (χ4v) is 2.34. The number of carbonyl (C=O) groups is 2. The predicted molar refractivity (Wildman–Crippen MR) is 89.8 cm³/mol. The molecule has 1 aromatic heterocycles. The lowest BCUT2D eigenvalue weighted by Crippen LogP contribution is -2.20. The third-order valence-corrected chi connectivity index (χ3v) is 3.48. The van der Waals surface area contributed by atoms with Gasteiger partial charge in [0.25, 0.3) is 5.91 Å². The van der Waals surface area contributed by atoms with E-state index in [-0.39, 0.29) is 18.2 Å². The van der Waals surface area contributed by atoms with E-state index in [1.807, 2.05) is 36.4 Å². The van der Waals surface area contributed by atoms with Gasteiger partial charge in [-0.15, -0.1) is 0 Å². The maximum Gasteiger partial charge on any atom is 0.357 e. The molecule has 2 aromatic carbocycles. The molecule has 24 heavy (non-hydrogen) atoms. The lowest BCUT2D eigenvalue weighted by molar-refractivity contribution is 0.0507. The van der Waals surface area contributed by atoms with Gasteiger partial charge in [0.05, 0.1) is 12.3 Å². The van der Waals surface area contributed by atoms with Crippen molar-refractivity contribution in [3.05, 3.63) is 78.0 Å². The number of benzene rings is 2. The molecule has 0 fully saturated rings. The van der Waals surface area contributed by atoms with Gasteiger partial charge >= 0.3 is 5.97 Å². The van der Waals surface area contributed by atoms with Crippen LogP contribution in [0.2, 0.25) is 0 Å². The average molecular weight is 320 g/mol. The molecule has 120 valence electrons. The van der Waals surface area contributed by atoms with Crippen molar-refractivity contribution >= 4 is 11.9 Å². The fraction of sp³-hybridized carbons (Fsp3) is 0.105. The van der Waals surface area contributed by atoms with E-state index < -0.39 is 5.97 Å². The standard InChI is InChI=1S/C19H16N2O3/c1-2-24-19(23)17-13-16(14-9-5-3-6-10-14)20-21(17)18(22)15-11-7-4-8-12-15/h3-13H,2H2,1H3. The van der Waals surface area contributed by atoms with E-state index >= 15 is 0 Å². The second kappa shape index (κ2) is 6.91. The van der Waals surface area contributed by atoms with Crippen LogP contribution in [0.4, 0.5) is 0 Å². The molecule has 3 aromatic rings. The molecule has 1 heterocycles. The Hall–Kier alpha value is -3.21. The van der Waals surface area contributed by atoms with Gasteiger partial charge in [0.15, 0.2) is 5.69 Å². The number of ether oxygens (including phenoxy) is 1. The summed E-state index contributed by atoms with van der Waals surface area (Å²) in [4.78, 5) is 24.9. The van der Waals surface area contributed by atoms with Crippen LogP contribution in [0.5, 0.6) is 0 Å². The van der Waals surface area contributed by atoms with Gasteiger partial charge in [0, 0.05) is 11.1 Å². The van der Waals surface area contributed by atoms with Crippen LogP contribution in [-0.4, -0.2) is 28.3 Å².